The van der Waals surface area contributed by atoms with Gasteiger partial charge in [0.2, 0.25) is 0 Å². The Hall–Kier alpha value is -0.280. The van der Waals surface area contributed by atoms with Crippen LogP contribution in [0.25, 0.3) is 0 Å². The molecule has 1 rings (SSSR count). The van der Waals surface area contributed by atoms with Crippen molar-refractivity contribution in [2.45, 2.75) is 20.4 Å². The minimum atomic E-state index is 0.606. The highest BCUT2D eigenvalue weighted by atomic mass is 35.5. The van der Waals surface area contributed by atoms with Gasteiger partial charge in [0.15, 0.2) is 0 Å². The van der Waals surface area contributed by atoms with Crippen molar-refractivity contribution < 1.29 is 0 Å². The maximum absolute atomic E-state index is 5.94. The van der Waals surface area contributed by atoms with Crippen LogP contribution in [0.5, 0.6) is 0 Å². The van der Waals surface area contributed by atoms with Crippen LogP contribution in [0.4, 0.5) is 0 Å². The van der Waals surface area contributed by atoms with Crippen LogP contribution in [-0.2, 0) is 6.54 Å². The van der Waals surface area contributed by atoms with Crippen molar-refractivity contribution in [3.8, 4) is 0 Å². The lowest BCUT2D eigenvalue weighted by molar-refractivity contribution is 0.535. The van der Waals surface area contributed by atoms with Crippen molar-refractivity contribution in [2.24, 2.45) is 5.92 Å². The van der Waals surface area contributed by atoms with Gasteiger partial charge in [0, 0.05) is 19.6 Å². The topological polar surface area (TPSA) is 24.1 Å². The highest BCUT2D eigenvalue weighted by molar-refractivity contribution is 6.42. The van der Waals surface area contributed by atoms with Crippen molar-refractivity contribution in [1.82, 2.24) is 10.6 Å². The number of rotatable bonds is 7. The summed E-state index contributed by atoms with van der Waals surface area (Å²) in [6.07, 6.45) is 0. The molecule has 2 nitrogen and oxygen atoms in total. The second-order valence-electron chi connectivity index (χ2n) is 4.52. The summed E-state index contributed by atoms with van der Waals surface area (Å²) in [5, 5.41) is 7.96. The summed E-state index contributed by atoms with van der Waals surface area (Å²) in [4.78, 5) is 0. The summed E-state index contributed by atoms with van der Waals surface area (Å²) in [7, 11) is 0. The van der Waals surface area contributed by atoms with Crippen molar-refractivity contribution >= 4 is 23.2 Å². The standard InChI is InChI=1S/C13H20Cl2N2/c1-10(2)8-16-5-6-17-9-11-3-4-12(14)13(15)7-11/h3-4,7,10,16-17H,5-6,8-9H2,1-2H3. The Morgan fingerprint density at radius 2 is 1.76 bits per heavy atom. The average molecular weight is 275 g/mol. The molecular formula is C13H20Cl2N2. The molecule has 0 aliphatic rings. The monoisotopic (exact) mass is 274 g/mol. The molecule has 0 fully saturated rings. The smallest absolute Gasteiger partial charge is 0.0595 e. The SMILES string of the molecule is CC(C)CNCCNCc1ccc(Cl)c(Cl)c1. The van der Waals surface area contributed by atoms with Crippen molar-refractivity contribution in [3.05, 3.63) is 33.8 Å². The fourth-order valence-electron chi connectivity index (χ4n) is 1.45. The van der Waals surface area contributed by atoms with E-state index in [2.05, 4.69) is 24.5 Å². The Balaban J connectivity index is 2.16. The summed E-state index contributed by atoms with van der Waals surface area (Å²) < 4.78 is 0. The van der Waals surface area contributed by atoms with E-state index in [9.17, 15) is 0 Å². The fourth-order valence-corrected chi connectivity index (χ4v) is 1.77. The lowest BCUT2D eigenvalue weighted by Gasteiger charge is -2.09. The number of benzene rings is 1. The lowest BCUT2D eigenvalue weighted by Crippen LogP contribution is -2.29. The lowest BCUT2D eigenvalue weighted by atomic mass is 10.2. The number of hydrogen-bond donors (Lipinski definition) is 2. The normalized spacial score (nSPS) is 11.1. The van der Waals surface area contributed by atoms with E-state index in [1.807, 2.05) is 18.2 Å². The molecule has 0 aromatic heterocycles. The molecule has 0 spiro atoms. The maximum Gasteiger partial charge on any atom is 0.0595 e. The number of halogens is 2. The number of nitrogens with one attached hydrogen (secondary N) is 2. The molecule has 0 radical (unpaired) electrons. The van der Waals surface area contributed by atoms with Gasteiger partial charge in [-0.1, -0.05) is 43.1 Å². The molecule has 4 heteroatoms. The van der Waals surface area contributed by atoms with Gasteiger partial charge in [-0.15, -0.1) is 0 Å². The predicted molar refractivity (Wildman–Crippen MR) is 75.9 cm³/mol. The van der Waals surface area contributed by atoms with E-state index in [4.69, 9.17) is 23.2 Å². The van der Waals surface area contributed by atoms with E-state index >= 15 is 0 Å². The Morgan fingerprint density at radius 1 is 1.06 bits per heavy atom. The first-order valence-corrected chi connectivity index (χ1v) is 6.70. The zero-order chi connectivity index (χ0) is 12.7. The molecule has 0 aliphatic carbocycles. The zero-order valence-corrected chi connectivity index (χ0v) is 11.9. The van der Waals surface area contributed by atoms with Gasteiger partial charge in [-0.3, -0.25) is 0 Å². The van der Waals surface area contributed by atoms with Gasteiger partial charge in [0.05, 0.1) is 10.0 Å². The van der Waals surface area contributed by atoms with Crippen LogP contribution >= 0.6 is 23.2 Å². The first-order chi connectivity index (χ1) is 8.09. The van der Waals surface area contributed by atoms with Crippen molar-refractivity contribution in [3.63, 3.8) is 0 Å². The van der Waals surface area contributed by atoms with Gasteiger partial charge < -0.3 is 10.6 Å². The first kappa shape index (κ1) is 14.8. The third kappa shape index (κ3) is 6.27. The van der Waals surface area contributed by atoms with E-state index in [0.717, 1.165) is 31.7 Å². The van der Waals surface area contributed by atoms with Crippen LogP contribution in [0.2, 0.25) is 10.0 Å². The van der Waals surface area contributed by atoms with E-state index in [-0.39, 0.29) is 0 Å². The van der Waals surface area contributed by atoms with Crippen LogP contribution in [0, 0.1) is 5.92 Å². The summed E-state index contributed by atoms with van der Waals surface area (Å²) in [5.74, 6) is 0.699. The van der Waals surface area contributed by atoms with Gasteiger partial charge >= 0.3 is 0 Å². The minimum absolute atomic E-state index is 0.606. The van der Waals surface area contributed by atoms with Crippen LogP contribution in [0.1, 0.15) is 19.4 Å². The van der Waals surface area contributed by atoms with Gasteiger partial charge in [-0.25, -0.2) is 0 Å². The second kappa shape index (κ2) is 7.93. The molecule has 0 amide bonds. The molecule has 0 unspecified atom stereocenters. The molecule has 1 aromatic carbocycles. The third-order valence-corrected chi connectivity index (χ3v) is 3.08. The van der Waals surface area contributed by atoms with Crippen molar-refractivity contribution in [2.75, 3.05) is 19.6 Å². The largest absolute Gasteiger partial charge is 0.315 e. The number of hydrogen-bond acceptors (Lipinski definition) is 2. The van der Waals surface area contributed by atoms with Crippen LogP contribution in [-0.4, -0.2) is 19.6 Å². The summed E-state index contributed by atoms with van der Waals surface area (Å²) in [6, 6.07) is 5.72. The van der Waals surface area contributed by atoms with E-state index < -0.39 is 0 Å². The molecule has 2 N–H and O–H groups in total. The average Bonchev–Trinajstić information content (AvgIpc) is 2.27. The maximum atomic E-state index is 5.94. The quantitative estimate of drug-likeness (QED) is 0.746. The molecular weight excluding hydrogens is 255 g/mol. The van der Waals surface area contributed by atoms with Gasteiger partial charge in [0.25, 0.3) is 0 Å². The summed E-state index contributed by atoms with van der Waals surface area (Å²) >= 11 is 11.8. The molecule has 0 saturated heterocycles. The Bertz CT molecular complexity index is 340. The highest BCUT2D eigenvalue weighted by Gasteiger charge is 1.99. The van der Waals surface area contributed by atoms with Crippen molar-refractivity contribution in [1.29, 1.82) is 0 Å². The summed E-state index contributed by atoms with van der Waals surface area (Å²) in [5.41, 5.74) is 1.16. The molecule has 0 heterocycles. The molecule has 0 aliphatic heterocycles. The Kier molecular flexibility index (Phi) is 6.90. The first-order valence-electron chi connectivity index (χ1n) is 5.95. The van der Waals surface area contributed by atoms with Crippen LogP contribution < -0.4 is 10.6 Å². The van der Waals surface area contributed by atoms with E-state index in [1.165, 1.54) is 0 Å². The Labute approximate surface area is 114 Å². The van der Waals surface area contributed by atoms with Crippen LogP contribution in [0.15, 0.2) is 18.2 Å². The van der Waals surface area contributed by atoms with Gasteiger partial charge in [0.1, 0.15) is 0 Å². The molecule has 0 atom stereocenters. The Morgan fingerprint density at radius 3 is 2.41 bits per heavy atom. The molecule has 96 valence electrons. The van der Waals surface area contributed by atoms with Gasteiger partial charge in [-0.05, 0) is 30.2 Å². The fraction of sp³-hybridized carbons (Fsp3) is 0.538. The highest BCUT2D eigenvalue weighted by Crippen LogP contribution is 2.22. The molecule has 0 bridgehead atoms. The third-order valence-electron chi connectivity index (χ3n) is 2.34. The zero-order valence-electron chi connectivity index (χ0n) is 10.4. The molecule has 1 aromatic rings. The van der Waals surface area contributed by atoms with Crippen LogP contribution in [0.3, 0.4) is 0 Å². The predicted octanol–water partition coefficient (Wildman–Crippen LogP) is 3.33. The summed E-state index contributed by atoms with van der Waals surface area (Å²) in [6.45, 7) is 8.23. The minimum Gasteiger partial charge on any atom is -0.315 e. The van der Waals surface area contributed by atoms with E-state index in [1.54, 1.807) is 0 Å². The second-order valence-corrected chi connectivity index (χ2v) is 5.34. The van der Waals surface area contributed by atoms with E-state index in [0.29, 0.717) is 16.0 Å². The molecule has 0 saturated carbocycles. The van der Waals surface area contributed by atoms with Gasteiger partial charge in [-0.2, -0.15) is 0 Å². The molecule has 17 heavy (non-hydrogen) atoms.